The highest BCUT2D eigenvalue weighted by Gasteiger charge is 2.14. The van der Waals surface area contributed by atoms with Gasteiger partial charge in [-0.3, -0.25) is 0 Å². The smallest absolute Gasteiger partial charge is 0.242 e. The summed E-state index contributed by atoms with van der Waals surface area (Å²) < 4.78 is 27.0. The lowest BCUT2D eigenvalue weighted by atomic mass is 10.4. The van der Waals surface area contributed by atoms with Gasteiger partial charge in [-0.15, -0.1) is 0 Å². The van der Waals surface area contributed by atoms with Gasteiger partial charge in [0.25, 0.3) is 0 Å². The normalized spacial score (nSPS) is 14.2. The van der Waals surface area contributed by atoms with Crippen LogP contribution in [0.4, 0.5) is 0 Å². The van der Waals surface area contributed by atoms with Crippen molar-refractivity contribution in [2.75, 3.05) is 6.54 Å². The van der Waals surface area contributed by atoms with Gasteiger partial charge in [-0.1, -0.05) is 0 Å². The molecule has 0 aromatic carbocycles. The number of hydrogen-bond acceptors (Lipinski definition) is 3. The van der Waals surface area contributed by atoms with E-state index in [0.29, 0.717) is 0 Å². The standard InChI is InChI=1S/C8H14N2O3S/c1-7(11)5-9-14(12,13)8-3-4-10(2)6-8/h3-4,6-7,9,11H,5H2,1-2H3. The zero-order chi connectivity index (χ0) is 10.8. The molecule has 1 rings (SSSR count). The Morgan fingerprint density at radius 1 is 1.64 bits per heavy atom. The zero-order valence-electron chi connectivity index (χ0n) is 8.14. The Morgan fingerprint density at radius 3 is 2.71 bits per heavy atom. The van der Waals surface area contributed by atoms with E-state index in [2.05, 4.69) is 4.72 Å². The number of aliphatic hydroxyl groups excluding tert-OH is 1. The summed E-state index contributed by atoms with van der Waals surface area (Å²) >= 11 is 0. The van der Waals surface area contributed by atoms with Crippen LogP contribution in [-0.2, 0) is 17.1 Å². The fourth-order valence-electron chi connectivity index (χ4n) is 0.950. The molecule has 1 heterocycles. The van der Waals surface area contributed by atoms with Crippen molar-refractivity contribution in [2.45, 2.75) is 17.9 Å². The van der Waals surface area contributed by atoms with Crippen molar-refractivity contribution in [1.82, 2.24) is 9.29 Å². The maximum Gasteiger partial charge on any atom is 0.242 e. The molecule has 1 atom stereocenters. The SMILES string of the molecule is CC(O)CNS(=O)(=O)c1ccn(C)c1. The van der Waals surface area contributed by atoms with Crippen LogP contribution in [0.1, 0.15) is 6.92 Å². The lowest BCUT2D eigenvalue weighted by Crippen LogP contribution is -2.30. The summed E-state index contributed by atoms with van der Waals surface area (Å²) in [6, 6.07) is 1.50. The van der Waals surface area contributed by atoms with Gasteiger partial charge in [0.2, 0.25) is 10.0 Å². The predicted octanol–water partition coefficient (Wildman–Crippen LogP) is -0.316. The Balaban J connectivity index is 2.76. The highest BCUT2D eigenvalue weighted by Crippen LogP contribution is 2.07. The average molecular weight is 218 g/mol. The monoisotopic (exact) mass is 218 g/mol. The van der Waals surface area contributed by atoms with E-state index in [1.165, 1.54) is 19.2 Å². The number of aromatic nitrogens is 1. The molecule has 0 spiro atoms. The Bertz CT molecular complexity index is 394. The Morgan fingerprint density at radius 2 is 2.29 bits per heavy atom. The minimum Gasteiger partial charge on any atom is -0.392 e. The first-order chi connectivity index (χ1) is 6.42. The molecule has 80 valence electrons. The summed E-state index contributed by atoms with van der Waals surface area (Å²) in [7, 11) is -1.72. The molecule has 2 N–H and O–H groups in total. The van der Waals surface area contributed by atoms with Crippen LogP contribution in [0.5, 0.6) is 0 Å². The molecule has 14 heavy (non-hydrogen) atoms. The molecule has 0 aliphatic rings. The van der Waals surface area contributed by atoms with Gasteiger partial charge < -0.3 is 9.67 Å². The maximum atomic E-state index is 11.5. The van der Waals surface area contributed by atoms with Crippen LogP contribution in [-0.4, -0.2) is 30.7 Å². The Hall–Kier alpha value is -0.850. The van der Waals surface area contributed by atoms with Crippen molar-refractivity contribution in [3.8, 4) is 0 Å². The first-order valence-corrected chi connectivity index (χ1v) is 5.70. The molecule has 0 radical (unpaired) electrons. The molecule has 0 amide bonds. The number of sulfonamides is 1. The van der Waals surface area contributed by atoms with Crippen LogP contribution >= 0.6 is 0 Å². The lowest BCUT2D eigenvalue weighted by Gasteiger charge is -2.06. The van der Waals surface area contributed by atoms with Crippen LogP contribution < -0.4 is 4.72 Å². The van der Waals surface area contributed by atoms with E-state index >= 15 is 0 Å². The Kier molecular flexibility index (Phi) is 3.30. The van der Waals surface area contributed by atoms with Crippen molar-refractivity contribution in [3.63, 3.8) is 0 Å². The number of nitrogens with zero attached hydrogens (tertiary/aromatic N) is 1. The maximum absolute atomic E-state index is 11.5. The van der Waals surface area contributed by atoms with Gasteiger partial charge in [-0.25, -0.2) is 13.1 Å². The number of nitrogens with one attached hydrogen (secondary N) is 1. The van der Waals surface area contributed by atoms with Gasteiger partial charge in [-0.05, 0) is 13.0 Å². The van der Waals surface area contributed by atoms with Crippen LogP contribution in [0.15, 0.2) is 23.4 Å². The molecule has 1 aromatic rings. The molecule has 0 fully saturated rings. The van der Waals surface area contributed by atoms with Gasteiger partial charge in [-0.2, -0.15) is 0 Å². The molecule has 0 saturated heterocycles. The quantitative estimate of drug-likeness (QED) is 0.728. The first kappa shape index (κ1) is 11.2. The second kappa shape index (κ2) is 4.12. The summed E-state index contributed by atoms with van der Waals surface area (Å²) in [6.07, 6.45) is 2.47. The fraction of sp³-hybridized carbons (Fsp3) is 0.500. The summed E-state index contributed by atoms with van der Waals surface area (Å²) in [5.74, 6) is 0. The lowest BCUT2D eigenvalue weighted by molar-refractivity contribution is 0.198. The van der Waals surface area contributed by atoms with E-state index in [9.17, 15) is 8.42 Å². The molecular weight excluding hydrogens is 204 g/mol. The van der Waals surface area contributed by atoms with Crippen LogP contribution in [0.3, 0.4) is 0 Å². The summed E-state index contributed by atoms with van der Waals surface area (Å²) in [5, 5.41) is 8.94. The highest BCUT2D eigenvalue weighted by molar-refractivity contribution is 7.89. The largest absolute Gasteiger partial charge is 0.392 e. The Labute approximate surface area is 83.4 Å². The summed E-state index contributed by atoms with van der Waals surface area (Å²) in [5.41, 5.74) is 0. The van der Waals surface area contributed by atoms with E-state index < -0.39 is 16.1 Å². The molecule has 1 unspecified atom stereocenters. The van der Waals surface area contributed by atoms with E-state index in [-0.39, 0.29) is 11.4 Å². The van der Waals surface area contributed by atoms with Crippen LogP contribution in [0.2, 0.25) is 0 Å². The van der Waals surface area contributed by atoms with Gasteiger partial charge in [0.05, 0.1) is 11.0 Å². The van der Waals surface area contributed by atoms with Gasteiger partial charge in [0.15, 0.2) is 0 Å². The van der Waals surface area contributed by atoms with Gasteiger partial charge >= 0.3 is 0 Å². The third-order valence-electron chi connectivity index (χ3n) is 1.68. The minimum atomic E-state index is -3.47. The second-order valence-electron chi connectivity index (χ2n) is 3.21. The number of aliphatic hydroxyl groups is 1. The molecule has 6 heteroatoms. The molecule has 0 saturated carbocycles. The molecule has 0 aliphatic carbocycles. The molecule has 1 aromatic heterocycles. The van der Waals surface area contributed by atoms with Crippen LogP contribution in [0.25, 0.3) is 0 Å². The highest BCUT2D eigenvalue weighted by atomic mass is 32.2. The minimum absolute atomic E-state index is 0.0250. The van der Waals surface area contributed by atoms with Gasteiger partial charge in [0.1, 0.15) is 0 Å². The third kappa shape index (κ3) is 2.83. The summed E-state index contributed by atoms with van der Waals surface area (Å²) in [6.45, 7) is 1.55. The van der Waals surface area contributed by atoms with E-state index in [1.807, 2.05) is 0 Å². The van der Waals surface area contributed by atoms with Crippen molar-refractivity contribution in [1.29, 1.82) is 0 Å². The second-order valence-corrected chi connectivity index (χ2v) is 4.98. The number of aryl methyl sites for hydroxylation is 1. The van der Waals surface area contributed by atoms with E-state index in [1.54, 1.807) is 17.8 Å². The van der Waals surface area contributed by atoms with E-state index in [0.717, 1.165) is 0 Å². The molecular formula is C8H14N2O3S. The number of hydrogen-bond donors (Lipinski definition) is 2. The molecule has 5 nitrogen and oxygen atoms in total. The third-order valence-corrected chi connectivity index (χ3v) is 3.09. The first-order valence-electron chi connectivity index (χ1n) is 4.21. The zero-order valence-corrected chi connectivity index (χ0v) is 8.95. The molecule has 0 aliphatic heterocycles. The topological polar surface area (TPSA) is 71.3 Å². The molecule has 0 bridgehead atoms. The van der Waals surface area contributed by atoms with Crippen molar-refractivity contribution in [3.05, 3.63) is 18.5 Å². The van der Waals surface area contributed by atoms with E-state index in [4.69, 9.17) is 5.11 Å². The predicted molar refractivity (Wildman–Crippen MR) is 52.3 cm³/mol. The number of rotatable bonds is 4. The van der Waals surface area contributed by atoms with Crippen molar-refractivity contribution in [2.24, 2.45) is 7.05 Å². The van der Waals surface area contributed by atoms with Crippen LogP contribution in [0, 0.1) is 0 Å². The summed E-state index contributed by atoms with van der Waals surface area (Å²) in [4.78, 5) is 0.209. The fourth-order valence-corrected chi connectivity index (χ4v) is 2.12. The van der Waals surface area contributed by atoms with Gasteiger partial charge in [0, 0.05) is 26.0 Å². The van der Waals surface area contributed by atoms with Crippen molar-refractivity contribution < 1.29 is 13.5 Å². The average Bonchev–Trinajstić information content (AvgIpc) is 2.49. The van der Waals surface area contributed by atoms with Crippen molar-refractivity contribution >= 4 is 10.0 Å².